The molecular formula is C12H10FN3. The number of hydrogen-bond donors (Lipinski definition) is 0. The molecule has 0 atom stereocenters. The van der Waals surface area contributed by atoms with E-state index in [-0.39, 0.29) is 5.82 Å². The molecule has 4 heteroatoms. The second kappa shape index (κ2) is 4.15. The van der Waals surface area contributed by atoms with Crippen LogP contribution in [0.15, 0.2) is 30.6 Å². The van der Waals surface area contributed by atoms with Gasteiger partial charge in [0.2, 0.25) is 0 Å². The Labute approximate surface area is 92.7 Å². The Balaban J connectivity index is 2.54. The van der Waals surface area contributed by atoms with E-state index in [0.29, 0.717) is 11.1 Å². The van der Waals surface area contributed by atoms with Crippen molar-refractivity contribution in [3.05, 3.63) is 42.0 Å². The molecule has 0 aliphatic carbocycles. The summed E-state index contributed by atoms with van der Waals surface area (Å²) >= 11 is 0. The molecule has 1 aromatic heterocycles. The van der Waals surface area contributed by atoms with Crippen LogP contribution in [0.1, 0.15) is 12.5 Å². The van der Waals surface area contributed by atoms with Crippen molar-refractivity contribution in [1.82, 2.24) is 9.78 Å². The number of halogens is 1. The number of aryl methyl sites for hydroxylation is 1. The average molecular weight is 215 g/mol. The molecule has 1 heterocycles. The number of nitriles is 1. The van der Waals surface area contributed by atoms with Crippen molar-refractivity contribution < 1.29 is 4.39 Å². The van der Waals surface area contributed by atoms with Crippen molar-refractivity contribution in [2.75, 3.05) is 0 Å². The van der Waals surface area contributed by atoms with E-state index in [4.69, 9.17) is 5.26 Å². The molecule has 2 rings (SSSR count). The van der Waals surface area contributed by atoms with Gasteiger partial charge in [-0.1, -0.05) is 0 Å². The molecule has 0 bridgehead atoms. The highest BCUT2D eigenvalue weighted by Crippen LogP contribution is 2.23. The molecule has 0 spiro atoms. The number of aromatic nitrogens is 2. The van der Waals surface area contributed by atoms with Gasteiger partial charge >= 0.3 is 0 Å². The highest BCUT2D eigenvalue weighted by molar-refractivity contribution is 5.69. The molecule has 3 nitrogen and oxygen atoms in total. The first kappa shape index (κ1) is 10.4. The number of rotatable bonds is 2. The summed E-state index contributed by atoms with van der Waals surface area (Å²) in [5.74, 6) is -0.349. The highest BCUT2D eigenvalue weighted by Gasteiger charge is 2.08. The monoisotopic (exact) mass is 215 g/mol. The van der Waals surface area contributed by atoms with E-state index in [2.05, 4.69) is 5.10 Å². The van der Waals surface area contributed by atoms with Crippen LogP contribution in [-0.2, 0) is 6.54 Å². The largest absolute Gasteiger partial charge is 0.272 e. The number of hydrogen-bond acceptors (Lipinski definition) is 2. The van der Waals surface area contributed by atoms with Crippen LogP contribution in [0.4, 0.5) is 4.39 Å². The fourth-order valence-electron chi connectivity index (χ4n) is 1.53. The molecular weight excluding hydrogens is 205 g/mol. The molecule has 0 unspecified atom stereocenters. The summed E-state index contributed by atoms with van der Waals surface area (Å²) in [6.07, 6.45) is 3.44. The third-order valence-electron chi connectivity index (χ3n) is 2.37. The van der Waals surface area contributed by atoms with Crippen LogP contribution in [0, 0.1) is 17.1 Å². The van der Waals surface area contributed by atoms with Gasteiger partial charge in [0, 0.05) is 23.9 Å². The first-order valence-electron chi connectivity index (χ1n) is 4.97. The number of benzene rings is 1. The predicted molar refractivity (Wildman–Crippen MR) is 58.0 cm³/mol. The van der Waals surface area contributed by atoms with Crippen molar-refractivity contribution in [3.63, 3.8) is 0 Å². The van der Waals surface area contributed by atoms with E-state index >= 15 is 0 Å². The topological polar surface area (TPSA) is 41.6 Å². The average Bonchev–Trinajstić information content (AvgIpc) is 2.77. The molecule has 1 aromatic carbocycles. The van der Waals surface area contributed by atoms with Crippen molar-refractivity contribution in [1.29, 1.82) is 5.26 Å². The first-order chi connectivity index (χ1) is 7.74. The Hall–Kier alpha value is -2.15. The molecule has 0 saturated heterocycles. The maximum Gasteiger partial charge on any atom is 0.123 e. The molecule has 16 heavy (non-hydrogen) atoms. The second-order valence-corrected chi connectivity index (χ2v) is 3.39. The Bertz CT molecular complexity index is 552. The van der Waals surface area contributed by atoms with Crippen molar-refractivity contribution in [2.24, 2.45) is 0 Å². The van der Waals surface area contributed by atoms with E-state index in [1.807, 2.05) is 13.0 Å². The van der Waals surface area contributed by atoms with Gasteiger partial charge in [0.05, 0.1) is 17.8 Å². The Kier molecular flexibility index (Phi) is 2.69. The summed E-state index contributed by atoms with van der Waals surface area (Å²) in [6, 6.07) is 6.17. The lowest BCUT2D eigenvalue weighted by atomic mass is 10.0. The normalized spacial score (nSPS) is 10.1. The smallest absolute Gasteiger partial charge is 0.123 e. The summed E-state index contributed by atoms with van der Waals surface area (Å²) in [5, 5.41) is 13.0. The fourth-order valence-corrected chi connectivity index (χ4v) is 1.53. The van der Waals surface area contributed by atoms with E-state index in [1.54, 1.807) is 17.1 Å². The van der Waals surface area contributed by atoms with Crippen LogP contribution < -0.4 is 0 Å². The number of nitrogens with zero attached hydrogens (tertiary/aromatic N) is 3. The Morgan fingerprint density at radius 1 is 1.50 bits per heavy atom. The van der Waals surface area contributed by atoms with E-state index < -0.39 is 0 Å². The van der Waals surface area contributed by atoms with Crippen LogP contribution in [-0.4, -0.2) is 9.78 Å². The zero-order chi connectivity index (χ0) is 11.5. The van der Waals surface area contributed by atoms with Crippen molar-refractivity contribution >= 4 is 0 Å². The molecule has 0 fully saturated rings. The molecule has 0 aliphatic heterocycles. The summed E-state index contributed by atoms with van der Waals surface area (Å²) in [7, 11) is 0. The Morgan fingerprint density at radius 2 is 2.31 bits per heavy atom. The van der Waals surface area contributed by atoms with Crippen LogP contribution in [0.3, 0.4) is 0 Å². The lowest BCUT2D eigenvalue weighted by Gasteiger charge is -2.00. The van der Waals surface area contributed by atoms with Gasteiger partial charge in [-0.15, -0.1) is 0 Å². The van der Waals surface area contributed by atoms with E-state index in [1.165, 1.54) is 18.2 Å². The van der Waals surface area contributed by atoms with Crippen molar-refractivity contribution in [2.45, 2.75) is 13.5 Å². The molecule has 80 valence electrons. The van der Waals surface area contributed by atoms with Crippen LogP contribution in [0.5, 0.6) is 0 Å². The predicted octanol–water partition coefficient (Wildman–Crippen LogP) is 2.58. The zero-order valence-electron chi connectivity index (χ0n) is 8.81. The lowest BCUT2D eigenvalue weighted by molar-refractivity contribution is 0.628. The van der Waals surface area contributed by atoms with Gasteiger partial charge in [-0.05, 0) is 25.1 Å². The van der Waals surface area contributed by atoms with Gasteiger partial charge in [-0.3, -0.25) is 4.68 Å². The molecule has 0 radical (unpaired) electrons. The first-order valence-corrected chi connectivity index (χ1v) is 4.97. The highest BCUT2D eigenvalue weighted by atomic mass is 19.1. The molecule has 0 amide bonds. The maximum atomic E-state index is 13.1. The summed E-state index contributed by atoms with van der Waals surface area (Å²) < 4.78 is 14.9. The third-order valence-corrected chi connectivity index (χ3v) is 2.37. The van der Waals surface area contributed by atoms with Gasteiger partial charge in [-0.2, -0.15) is 10.4 Å². The molecule has 0 aliphatic rings. The maximum absolute atomic E-state index is 13.1. The fraction of sp³-hybridized carbons (Fsp3) is 0.167. The standard InChI is InChI=1S/C12H10FN3/c1-2-16-8-10(7-15-16)12-5-11(13)4-3-9(12)6-14/h3-5,7-8H,2H2,1H3. The summed E-state index contributed by atoms with van der Waals surface area (Å²) in [4.78, 5) is 0. The van der Waals surface area contributed by atoms with Gasteiger partial charge in [0.15, 0.2) is 0 Å². The third kappa shape index (κ3) is 1.80. The van der Waals surface area contributed by atoms with Gasteiger partial charge in [-0.25, -0.2) is 4.39 Å². The minimum Gasteiger partial charge on any atom is -0.272 e. The van der Waals surface area contributed by atoms with Crippen LogP contribution in [0.2, 0.25) is 0 Å². The van der Waals surface area contributed by atoms with Gasteiger partial charge in [0.25, 0.3) is 0 Å². The Morgan fingerprint density at radius 3 is 2.94 bits per heavy atom. The van der Waals surface area contributed by atoms with Crippen LogP contribution >= 0.6 is 0 Å². The van der Waals surface area contributed by atoms with E-state index in [9.17, 15) is 4.39 Å². The second-order valence-electron chi connectivity index (χ2n) is 3.39. The van der Waals surface area contributed by atoms with Gasteiger partial charge < -0.3 is 0 Å². The van der Waals surface area contributed by atoms with E-state index in [0.717, 1.165) is 12.1 Å². The SMILES string of the molecule is CCn1cc(-c2cc(F)ccc2C#N)cn1. The molecule has 0 N–H and O–H groups in total. The quantitative estimate of drug-likeness (QED) is 0.772. The lowest BCUT2D eigenvalue weighted by Crippen LogP contribution is -1.92. The van der Waals surface area contributed by atoms with Crippen LogP contribution in [0.25, 0.3) is 11.1 Å². The molecule has 2 aromatic rings. The minimum absolute atomic E-state index is 0.349. The van der Waals surface area contributed by atoms with Gasteiger partial charge in [0.1, 0.15) is 5.82 Å². The van der Waals surface area contributed by atoms with Crippen molar-refractivity contribution in [3.8, 4) is 17.2 Å². The summed E-state index contributed by atoms with van der Waals surface area (Å²) in [6.45, 7) is 2.71. The zero-order valence-corrected chi connectivity index (χ0v) is 8.81. The molecule has 0 saturated carbocycles. The minimum atomic E-state index is -0.349. The summed E-state index contributed by atoms with van der Waals surface area (Å²) in [5.41, 5.74) is 1.80.